The number of alkyl halides is 3. The summed E-state index contributed by atoms with van der Waals surface area (Å²) in [6.45, 7) is 3.93. The highest BCUT2D eigenvalue weighted by molar-refractivity contribution is 7.99. The molecular formula is C13H17F3S. The second-order valence-electron chi connectivity index (χ2n) is 3.85. The maximum atomic E-state index is 12.9. The van der Waals surface area contributed by atoms with Crippen LogP contribution < -0.4 is 0 Å². The van der Waals surface area contributed by atoms with Crippen molar-refractivity contribution in [1.82, 2.24) is 0 Å². The maximum absolute atomic E-state index is 12.9. The summed E-state index contributed by atoms with van der Waals surface area (Å²) in [7, 11) is 0. The normalized spacial score (nSPS) is 11.8. The summed E-state index contributed by atoms with van der Waals surface area (Å²) in [4.78, 5) is 0.413. The highest BCUT2D eigenvalue weighted by Crippen LogP contribution is 2.39. The number of aryl methyl sites for hydroxylation is 1. The molecule has 4 heteroatoms. The predicted molar refractivity (Wildman–Crippen MR) is 66.5 cm³/mol. The molecule has 0 unspecified atom stereocenters. The van der Waals surface area contributed by atoms with Crippen molar-refractivity contribution in [1.29, 1.82) is 0 Å². The van der Waals surface area contributed by atoms with E-state index in [1.807, 2.05) is 13.8 Å². The van der Waals surface area contributed by atoms with Crippen LogP contribution in [0.5, 0.6) is 0 Å². The number of unbranched alkanes of at least 4 members (excludes halogenated alkanes) is 1. The summed E-state index contributed by atoms with van der Waals surface area (Å²) < 4.78 is 38.6. The number of hydrogen-bond acceptors (Lipinski definition) is 1. The van der Waals surface area contributed by atoms with E-state index in [1.54, 1.807) is 6.07 Å². The number of hydrogen-bond donors (Lipinski definition) is 0. The van der Waals surface area contributed by atoms with E-state index >= 15 is 0 Å². The van der Waals surface area contributed by atoms with Crippen LogP contribution in [-0.2, 0) is 12.6 Å². The van der Waals surface area contributed by atoms with Gasteiger partial charge in [-0.25, -0.2) is 0 Å². The molecule has 0 aromatic heterocycles. The van der Waals surface area contributed by atoms with E-state index < -0.39 is 11.7 Å². The lowest BCUT2D eigenvalue weighted by molar-refractivity contribution is -0.139. The fourth-order valence-corrected chi connectivity index (χ4v) is 2.95. The summed E-state index contributed by atoms with van der Waals surface area (Å²) in [5, 5.41) is 0. The minimum Gasteiger partial charge on any atom is -0.166 e. The molecule has 0 heterocycles. The van der Waals surface area contributed by atoms with Gasteiger partial charge >= 0.3 is 6.18 Å². The molecule has 0 spiro atoms. The lowest BCUT2D eigenvalue weighted by Gasteiger charge is -2.15. The Bertz CT molecular complexity index is 358. The smallest absolute Gasteiger partial charge is 0.166 e. The molecule has 0 bridgehead atoms. The van der Waals surface area contributed by atoms with Gasteiger partial charge in [0.2, 0.25) is 0 Å². The van der Waals surface area contributed by atoms with Gasteiger partial charge in [-0.2, -0.15) is 13.2 Å². The molecular weight excluding hydrogens is 245 g/mol. The molecule has 0 aliphatic carbocycles. The third kappa shape index (κ3) is 3.95. The Kier molecular flexibility index (Phi) is 5.37. The lowest BCUT2D eigenvalue weighted by Crippen LogP contribution is -2.08. The van der Waals surface area contributed by atoms with Gasteiger partial charge in [-0.3, -0.25) is 0 Å². The highest BCUT2D eigenvalue weighted by Gasteiger charge is 2.34. The molecule has 0 fully saturated rings. The Morgan fingerprint density at radius 3 is 2.41 bits per heavy atom. The van der Waals surface area contributed by atoms with Gasteiger partial charge in [-0.1, -0.05) is 32.4 Å². The number of benzene rings is 1. The molecule has 0 atom stereocenters. The van der Waals surface area contributed by atoms with Crippen molar-refractivity contribution >= 4 is 11.8 Å². The molecule has 0 saturated heterocycles. The van der Waals surface area contributed by atoms with E-state index in [0.717, 1.165) is 24.2 Å². The molecule has 0 N–H and O–H groups in total. The van der Waals surface area contributed by atoms with Crippen molar-refractivity contribution in [2.24, 2.45) is 0 Å². The molecule has 0 amide bonds. The first-order valence-corrected chi connectivity index (χ1v) is 6.81. The molecule has 0 nitrogen and oxygen atoms in total. The van der Waals surface area contributed by atoms with Crippen LogP contribution in [0, 0.1) is 0 Å². The highest BCUT2D eigenvalue weighted by atomic mass is 32.2. The molecule has 0 saturated carbocycles. The van der Waals surface area contributed by atoms with Gasteiger partial charge < -0.3 is 0 Å². The van der Waals surface area contributed by atoms with E-state index in [0.29, 0.717) is 11.3 Å². The molecule has 0 aliphatic heterocycles. The quantitative estimate of drug-likeness (QED) is 0.521. The maximum Gasteiger partial charge on any atom is 0.417 e. The lowest BCUT2D eigenvalue weighted by atomic mass is 10.1. The van der Waals surface area contributed by atoms with Gasteiger partial charge in [0.1, 0.15) is 0 Å². The van der Waals surface area contributed by atoms with E-state index in [2.05, 4.69) is 0 Å². The standard InChI is InChI=1S/C13H17F3S/c1-3-5-9-17-12-10(4-2)7-6-8-11(12)13(14,15)16/h6-8H,3-5,9H2,1-2H3. The zero-order valence-electron chi connectivity index (χ0n) is 10.1. The number of thioether (sulfide) groups is 1. The molecule has 17 heavy (non-hydrogen) atoms. The van der Waals surface area contributed by atoms with Gasteiger partial charge in [0.05, 0.1) is 5.56 Å². The fraction of sp³-hybridized carbons (Fsp3) is 0.538. The van der Waals surface area contributed by atoms with Crippen molar-refractivity contribution in [3.05, 3.63) is 29.3 Å². The average molecular weight is 262 g/mol. The topological polar surface area (TPSA) is 0 Å². The van der Waals surface area contributed by atoms with Crippen molar-refractivity contribution in [3.8, 4) is 0 Å². The Labute approximate surface area is 105 Å². The molecule has 1 aromatic carbocycles. The molecule has 1 rings (SSSR count). The number of halogens is 3. The number of rotatable bonds is 5. The second kappa shape index (κ2) is 6.34. The van der Waals surface area contributed by atoms with E-state index in [4.69, 9.17) is 0 Å². The Hall–Kier alpha value is -0.640. The van der Waals surface area contributed by atoms with Crippen LogP contribution in [0.25, 0.3) is 0 Å². The van der Waals surface area contributed by atoms with Crippen LogP contribution >= 0.6 is 11.8 Å². The van der Waals surface area contributed by atoms with Gasteiger partial charge in [0, 0.05) is 4.90 Å². The van der Waals surface area contributed by atoms with Gasteiger partial charge in [-0.15, -0.1) is 11.8 Å². The summed E-state index contributed by atoms with van der Waals surface area (Å²) in [6.07, 6.45) is -1.67. The Balaban J connectivity index is 3.03. The minimum absolute atomic E-state index is 0.413. The summed E-state index contributed by atoms with van der Waals surface area (Å²) in [5.74, 6) is 0.747. The predicted octanol–water partition coefficient (Wildman–Crippen LogP) is 5.16. The molecule has 1 aromatic rings. The van der Waals surface area contributed by atoms with Crippen molar-refractivity contribution in [2.45, 2.75) is 44.2 Å². The van der Waals surface area contributed by atoms with Crippen LogP contribution in [0.4, 0.5) is 13.2 Å². The SMILES string of the molecule is CCCCSc1c(CC)cccc1C(F)(F)F. The van der Waals surface area contributed by atoms with Gasteiger partial charge in [-0.05, 0) is 30.2 Å². The zero-order chi connectivity index (χ0) is 12.9. The van der Waals surface area contributed by atoms with Crippen LogP contribution in [0.3, 0.4) is 0 Å². The summed E-state index contributed by atoms with van der Waals surface area (Å²) in [6, 6.07) is 4.45. The van der Waals surface area contributed by atoms with E-state index in [9.17, 15) is 13.2 Å². The van der Waals surface area contributed by atoms with Crippen LogP contribution in [-0.4, -0.2) is 5.75 Å². The third-order valence-corrected chi connectivity index (χ3v) is 3.79. The van der Waals surface area contributed by atoms with Crippen molar-refractivity contribution < 1.29 is 13.2 Å². The molecule has 0 radical (unpaired) electrons. The van der Waals surface area contributed by atoms with Gasteiger partial charge in [0.25, 0.3) is 0 Å². The van der Waals surface area contributed by atoms with Crippen LogP contribution in [0.1, 0.15) is 37.8 Å². The van der Waals surface area contributed by atoms with E-state index in [-0.39, 0.29) is 0 Å². The first-order valence-electron chi connectivity index (χ1n) is 5.82. The minimum atomic E-state index is -4.25. The summed E-state index contributed by atoms with van der Waals surface area (Å²) >= 11 is 1.33. The first-order chi connectivity index (χ1) is 8.00. The Morgan fingerprint density at radius 2 is 1.88 bits per heavy atom. The average Bonchev–Trinajstić information content (AvgIpc) is 2.28. The molecule has 96 valence electrons. The van der Waals surface area contributed by atoms with Gasteiger partial charge in [0.15, 0.2) is 0 Å². The van der Waals surface area contributed by atoms with Crippen LogP contribution in [0.2, 0.25) is 0 Å². The first kappa shape index (κ1) is 14.4. The van der Waals surface area contributed by atoms with Crippen molar-refractivity contribution in [2.75, 3.05) is 5.75 Å². The monoisotopic (exact) mass is 262 g/mol. The van der Waals surface area contributed by atoms with Crippen LogP contribution in [0.15, 0.2) is 23.1 Å². The summed E-state index contributed by atoms with van der Waals surface area (Å²) in [5.41, 5.74) is 0.305. The zero-order valence-corrected chi connectivity index (χ0v) is 10.9. The Morgan fingerprint density at radius 1 is 1.18 bits per heavy atom. The molecule has 0 aliphatic rings. The fourth-order valence-electron chi connectivity index (χ4n) is 1.58. The largest absolute Gasteiger partial charge is 0.417 e. The van der Waals surface area contributed by atoms with Crippen molar-refractivity contribution in [3.63, 3.8) is 0 Å². The third-order valence-electron chi connectivity index (χ3n) is 2.53. The van der Waals surface area contributed by atoms with E-state index in [1.165, 1.54) is 23.9 Å². The second-order valence-corrected chi connectivity index (χ2v) is 4.95.